The van der Waals surface area contributed by atoms with Crippen molar-refractivity contribution in [3.63, 3.8) is 0 Å². The maximum absolute atomic E-state index is 12.3. The first-order valence-electron chi connectivity index (χ1n) is 6.66. The van der Waals surface area contributed by atoms with Gasteiger partial charge in [-0.2, -0.15) is 0 Å². The van der Waals surface area contributed by atoms with E-state index in [1.165, 1.54) is 17.0 Å². The normalized spacial score (nSPS) is 15.5. The van der Waals surface area contributed by atoms with Crippen LogP contribution < -0.4 is 4.90 Å². The average molecular weight is 332 g/mol. The third-order valence-corrected chi connectivity index (χ3v) is 4.42. The molecule has 0 fully saturated rings. The summed E-state index contributed by atoms with van der Waals surface area (Å²) >= 11 is 0. The smallest absolute Gasteiger partial charge is 0.414 e. The summed E-state index contributed by atoms with van der Waals surface area (Å²) in [6.07, 6.45) is 1.11. The number of hydrogen-bond acceptors (Lipinski definition) is 4. The highest BCUT2D eigenvalue weighted by molar-refractivity contribution is 8.13. The second kappa shape index (κ2) is 5.50. The molecule has 0 bridgehead atoms. The summed E-state index contributed by atoms with van der Waals surface area (Å²) in [5.41, 5.74) is 0.860. The number of amides is 1. The monoisotopic (exact) mass is 331 g/mol. The van der Waals surface area contributed by atoms with Crippen LogP contribution in [0.5, 0.6) is 0 Å². The van der Waals surface area contributed by atoms with Crippen molar-refractivity contribution < 1.29 is 17.9 Å². The van der Waals surface area contributed by atoms with Crippen LogP contribution in [-0.4, -0.2) is 26.7 Å². The van der Waals surface area contributed by atoms with E-state index in [2.05, 4.69) is 0 Å². The molecule has 1 aromatic rings. The van der Waals surface area contributed by atoms with Crippen LogP contribution in [0.4, 0.5) is 10.5 Å². The van der Waals surface area contributed by atoms with E-state index in [0.717, 1.165) is 18.4 Å². The minimum atomic E-state index is -3.83. The van der Waals surface area contributed by atoms with Gasteiger partial charge in [-0.3, -0.25) is 4.90 Å². The van der Waals surface area contributed by atoms with Crippen molar-refractivity contribution in [2.75, 3.05) is 11.4 Å². The van der Waals surface area contributed by atoms with Crippen molar-refractivity contribution in [3.8, 4) is 0 Å². The quantitative estimate of drug-likeness (QED) is 0.741. The first-order valence-corrected chi connectivity index (χ1v) is 8.97. The standard InChI is InChI=1S/C14H18ClNO4S/c1-14(2,3)20-13(17)16-8-4-5-10-6-7-11(9-12(10)16)21(15,18)19/h6-7,9H,4-5,8H2,1-3H3. The van der Waals surface area contributed by atoms with Crippen LogP contribution >= 0.6 is 10.7 Å². The van der Waals surface area contributed by atoms with Gasteiger partial charge >= 0.3 is 6.09 Å². The molecule has 1 aromatic carbocycles. The molecule has 0 spiro atoms. The number of fused-ring (bicyclic) bond motifs is 1. The minimum absolute atomic E-state index is 0.0154. The summed E-state index contributed by atoms with van der Waals surface area (Å²) in [5, 5.41) is 0. The van der Waals surface area contributed by atoms with Gasteiger partial charge in [0, 0.05) is 17.2 Å². The van der Waals surface area contributed by atoms with Gasteiger partial charge < -0.3 is 4.74 Å². The van der Waals surface area contributed by atoms with Crippen molar-refractivity contribution in [1.29, 1.82) is 0 Å². The number of halogens is 1. The summed E-state index contributed by atoms with van der Waals surface area (Å²) in [6.45, 7) is 5.86. The molecule has 0 aliphatic carbocycles. The fraction of sp³-hybridized carbons (Fsp3) is 0.500. The summed E-state index contributed by atoms with van der Waals surface area (Å²) in [4.78, 5) is 13.7. The lowest BCUT2D eigenvalue weighted by atomic mass is 10.0. The van der Waals surface area contributed by atoms with Gasteiger partial charge in [-0.15, -0.1) is 0 Å². The van der Waals surface area contributed by atoms with Gasteiger partial charge in [0.15, 0.2) is 0 Å². The van der Waals surface area contributed by atoms with Crippen molar-refractivity contribution in [2.45, 2.75) is 44.1 Å². The van der Waals surface area contributed by atoms with Crippen molar-refractivity contribution in [1.82, 2.24) is 0 Å². The zero-order valence-electron chi connectivity index (χ0n) is 12.2. The number of carbonyl (C=O) groups excluding carboxylic acids is 1. The molecular weight excluding hydrogens is 314 g/mol. The van der Waals surface area contributed by atoms with Crippen LogP contribution in [0.3, 0.4) is 0 Å². The first kappa shape index (κ1) is 16.1. The van der Waals surface area contributed by atoms with E-state index in [9.17, 15) is 13.2 Å². The number of hydrogen-bond donors (Lipinski definition) is 0. The highest BCUT2D eigenvalue weighted by Gasteiger charge is 2.28. The molecule has 1 aliphatic rings. The number of nitrogens with zero attached hydrogens (tertiary/aromatic N) is 1. The Morgan fingerprint density at radius 1 is 1.33 bits per heavy atom. The molecule has 116 valence electrons. The predicted molar refractivity (Wildman–Crippen MR) is 81.4 cm³/mol. The van der Waals surface area contributed by atoms with Gasteiger partial charge in [0.25, 0.3) is 9.05 Å². The molecule has 2 rings (SSSR count). The molecule has 0 radical (unpaired) electrons. The lowest BCUT2D eigenvalue weighted by Crippen LogP contribution is -2.39. The third-order valence-electron chi connectivity index (χ3n) is 3.07. The molecule has 7 heteroatoms. The van der Waals surface area contributed by atoms with E-state index in [4.69, 9.17) is 15.4 Å². The van der Waals surface area contributed by atoms with Crippen LogP contribution in [0.1, 0.15) is 32.8 Å². The fourth-order valence-corrected chi connectivity index (χ4v) is 2.98. The first-order chi connectivity index (χ1) is 9.58. The van der Waals surface area contributed by atoms with Gasteiger partial charge in [-0.1, -0.05) is 6.07 Å². The average Bonchev–Trinajstić information content (AvgIpc) is 2.34. The largest absolute Gasteiger partial charge is 0.443 e. The molecule has 0 unspecified atom stereocenters. The van der Waals surface area contributed by atoms with Gasteiger partial charge in [-0.05, 0) is 51.3 Å². The number of ether oxygens (including phenoxy) is 1. The second-order valence-electron chi connectivity index (χ2n) is 5.96. The number of carbonyl (C=O) groups is 1. The van der Waals surface area contributed by atoms with E-state index < -0.39 is 20.7 Å². The molecule has 0 N–H and O–H groups in total. The topological polar surface area (TPSA) is 63.7 Å². The maximum Gasteiger partial charge on any atom is 0.414 e. The Bertz CT molecular complexity index is 664. The van der Waals surface area contributed by atoms with Crippen molar-refractivity contribution >= 4 is 31.5 Å². The van der Waals surface area contributed by atoms with Gasteiger partial charge in [0.1, 0.15) is 5.60 Å². The number of rotatable bonds is 1. The van der Waals surface area contributed by atoms with E-state index in [1.807, 2.05) is 0 Å². The van der Waals surface area contributed by atoms with E-state index in [0.29, 0.717) is 12.2 Å². The highest BCUT2D eigenvalue weighted by Crippen LogP contribution is 2.31. The zero-order chi connectivity index (χ0) is 15.8. The molecule has 21 heavy (non-hydrogen) atoms. The lowest BCUT2D eigenvalue weighted by Gasteiger charge is -2.31. The Morgan fingerprint density at radius 3 is 2.57 bits per heavy atom. The summed E-state index contributed by atoms with van der Waals surface area (Å²) in [7, 11) is 1.55. The fourth-order valence-electron chi connectivity index (χ4n) is 2.21. The van der Waals surface area contributed by atoms with Crippen LogP contribution in [0.2, 0.25) is 0 Å². The molecule has 5 nitrogen and oxygen atoms in total. The molecule has 1 aliphatic heterocycles. The van der Waals surface area contributed by atoms with E-state index in [-0.39, 0.29) is 4.90 Å². The SMILES string of the molecule is CC(C)(C)OC(=O)N1CCCc2ccc(S(=O)(=O)Cl)cc21. The third kappa shape index (κ3) is 3.89. The number of anilines is 1. The summed E-state index contributed by atoms with van der Waals surface area (Å²) in [5.74, 6) is 0. The number of aryl methyl sites for hydroxylation is 1. The molecule has 0 aromatic heterocycles. The molecule has 0 saturated carbocycles. The van der Waals surface area contributed by atoms with Crippen LogP contribution in [-0.2, 0) is 20.2 Å². The maximum atomic E-state index is 12.3. The van der Waals surface area contributed by atoms with Crippen LogP contribution in [0.15, 0.2) is 23.1 Å². The molecular formula is C14H18ClNO4S. The van der Waals surface area contributed by atoms with Crippen LogP contribution in [0.25, 0.3) is 0 Å². The number of benzene rings is 1. The Kier molecular flexibility index (Phi) is 4.22. The van der Waals surface area contributed by atoms with Gasteiger partial charge in [0.2, 0.25) is 0 Å². The highest BCUT2D eigenvalue weighted by atomic mass is 35.7. The molecule has 1 heterocycles. The van der Waals surface area contributed by atoms with Crippen molar-refractivity contribution in [3.05, 3.63) is 23.8 Å². The second-order valence-corrected chi connectivity index (χ2v) is 8.53. The Morgan fingerprint density at radius 2 is 2.00 bits per heavy atom. The Balaban J connectivity index is 2.40. The van der Waals surface area contributed by atoms with Crippen LogP contribution in [0, 0.1) is 0 Å². The van der Waals surface area contributed by atoms with E-state index in [1.54, 1.807) is 26.8 Å². The van der Waals surface area contributed by atoms with Crippen molar-refractivity contribution in [2.24, 2.45) is 0 Å². The summed E-state index contributed by atoms with van der Waals surface area (Å²) < 4.78 is 28.3. The van der Waals surface area contributed by atoms with E-state index >= 15 is 0 Å². The minimum Gasteiger partial charge on any atom is -0.443 e. The Labute approximate surface area is 129 Å². The molecule has 0 saturated heterocycles. The Hall–Kier alpha value is -1.27. The lowest BCUT2D eigenvalue weighted by molar-refractivity contribution is 0.0577. The summed E-state index contributed by atoms with van der Waals surface area (Å²) in [6, 6.07) is 4.58. The predicted octanol–water partition coefficient (Wildman–Crippen LogP) is 3.30. The van der Waals surface area contributed by atoms with Gasteiger partial charge in [0.05, 0.1) is 10.6 Å². The molecule has 0 atom stereocenters. The molecule has 1 amide bonds. The zero-order valence-corrected chi connectivity index (χ0v) is 13.8. The van der Waals surface area contributed by atoms with Gasteiger partial charge in [-0.25, -0.2) is 13.2 Å².